The first kappa shape index (κ1) is 15.2. The first-order chi connectivity index (χ1) is 11.1. The average molecular weight is 312 g/mol. The summed E-state index contributed by atoms with van der Waals surface area (Å²) in [4.78, 5) is 0. The lowest BCUT2D eigenvalue weighted by Crippen LogP contribution is -2.05. The van der Waals surface area contributed by atoms with Gasteiger partial charge >= 0.3 is 0 Å². The zero-order valence-corrected chi connectivity index (χ0v) is 13.6. The molecule has 7 nitrogen and oxygen atoms in total. The molecule has 3 heterocycles. The minimum Gasteiger partial charge on any atom is -0.421 e. The second-order valence-electron chi connectivity index (χ2n) is 5.40. The maximum absolute atomic E-state index is 5.63. The summed E-state index contributed by atoms with van der Waals surface area (Å²) in [6, 6.07) is 2.05. The quantitative estimate of drug-likeness (QED) is 0.699. The van der Waals surface area contributed by atoms with Crippen LogP contribution in [0.25, 0.3) is 12.2 Å². The minimum atomic E-state index is 0.498. The highest BCUT2D eigenvalue weighted by atomic mass is 16.4. The molecule has 0 atom stereocenters. The van der Waals surface area contributed by atoms with Crippen molar-refractivity contribution in [2.75, 3.05) is 0 Å². The molecule has 23 heavy (non-hydrogen) atoms. The number of aryl methyl sites for hydroxylation is 5. The Labute approximate surface area is 134 Å². The highest BCUT2D eigenvalue weighted by Gasteiger charge is 2.06. The number of aromatic nitrogens is 6. The van der Waals surface area contributed by atoms with Crippen molar-refractivity contribution in [3.63, 3.8) is 0 Å². The Hall–Kier alpha value is -2.70. The molecule has 7 heteroatoms. The van der Waals surface area contributed by atoms with E-state index in [1.807, 2.05) is 42.4 Å². The molecule has 0 bridgehead atoms. The molecule has 120 valence electrons. The predicted molar refractivity (Wildman–Crippen MR) is 86.5 cm³/mol. The Morgan fingerprint density at radius 2 is 2.09 bits per heavy atom. The Bertz CT molecular complexity index is 810. The van der Waals surface area contributed by atoms with E-state index in [4.69, 9.17) is 4.42 Å². The molecule has 0 aliphatic rings. The van der Waals surface area contributed by atoms with E-state index < -0.39 is 0 Å². The maximum atomic E-state index is 5.63. The molecule has 0 radical (unpaired) electrons. The molecule has 0 saturated heterocycles. The number of rotatable bonds is 6. The van der Waals surface area contributed by atoms with Crippen LogP contribution in [-0.4, -0.2) is 29.8 Å². The van der Waals surface area contributed by atoms with Crippen LogP contribution in [0.15, 0.2) is 22.9 Å². The van der Waals surface area contributed by atoms with Gasteiger partial charge < -0.3 is 4.42 Å². The van der Waals surface area contributed by atoms with E-state index in [1.54, 1.807) is 12.3 Å². The minimum absolute atomic E-state index is 0.498. The van der Waals surface area contributed by atoms with Gasteiger partial charge in [0, 0.05) is 43.0 Å². The van der Waals surface area contributed by atoms with Gasteiger partial charge in [0.05, 0.1) is 11.9 Å². The van der Waals surface area contributed by atoms with E-state index in [0.717, 1.165) is 30.0 Å². The van der Waals surface area contributed by atoms with Gasteiger partial charge in [0.1, 0.15) is 0 Å². The highest BCUT2D eigenvalue weighted by Crippen LogP contribution is 2.09. The van der Waals surface area contributed by atoms with Crippen LogP contribution in [-0.2, 0) is 19.5 Å². The molecule has 3 aromatic heterocycles. The van der Waals surface area contributed by atoms with Crippen LogP contribution in [0.3, 0.4) is 0 Å². The van der Waals surface area contributed by atoms with E-state index >= 15 is 0 Å². The lowest BCUT2D eigenvalue weighted by molar-refractivity contribution is 0.457. The highest BCUT2D eigenvalue weighted by molar-refractivity contribution is 5.64. The Morgan fingerprint density at radius 3 is 2.78 bits per heavy atom. The summed E-state index contributed by atoms with van der Waals surface area (Å²) in [6.45, 7) is 7.66. The largest absolute Gasteiger partial charge is 0.421 e. The third-order valence-corrected chi connectivity index (χ3v) is 3.52. The molecular weight excluding hydrogens is 292 g/mol. The SMILES string of the molecule is CCn1cc(/C=C/c2nnc(CCn3nc(C)cc3C)o2)cn1. The Morgan fingerprint density at radius 1 is 1.22 bits per heavy atom. The van der Waals surface area contributed by atoms with Crippen molar-refractivity contribution in [2.24, 2.45) is 0 Å². The molecule has 0 unspecified atom stereocenters. The van der Waals surface area contributed by atoms with Crippen molar-refractivity contribution in [1.29, 1.82) is 0 Å². The zero-order valence-electron chi connectivity index (χ0n) is 13.6. The predicted octanol–water partition coefficient (Wildman–Crippen LogP) is 2.51. The Balaban J connectivity index is 1.60. The van der Waals surface area contributed by atoms with Gasteiger partial charge in [0.15, 0.2) is 0 Å². The molecule has 0 fully saturated rings. The van der Waals surface area contributed by atoms with Gasteiger partial charge in [-0.15, -0.1) is 10.2 Å². The molecular formula is C16H20N6O. The van der Waals surface area contributed by atoms with Crippen molar-refractivity contribution in [3.8, 4) is 0 Å². The molecule has 0 spiro atoms. The monoisotopic (exact) mass is 312 g/mol. The van der Waals surface area contributed by atoms with E-state index in [2.05, 4.69) is 26.5 Å². The van der Waals surface area contributed by atoms with Crippen LogP contribution in [0, 0.1) is 13.8 Å². The van der Waals surface area contributed by atoms with Gasteiger partial charge in [-0.2, -0.15) is 10.2 Å². The van der Waals surface area contributed by atoms with Crippen molar-refractivity contribution in [1.82, 2.24) is 29.8 Å². The van der Waals surface area contributed by atoms with E-state index in [9.17, 15) is 0 Å². The second-order valence-corrected chi connectivity index (χ2v) is 5.40. The average Bonchev–Trinajstić information content (AvgIpc) is 3.23. The van der Waals surface area contributed by atoms with Crippen LogP contribution in [0.4, 0.5) is 0 Å². The molecule has 0 amide bonds. The van der Waals surface area contributed by atoms with Crippen molar-refractivity contribution in [2.45, 2.75) is 40.3 Å². The summed E-state index contributed by atoms with van der Waals surface area (Å²) in [7, 11) is 0. The smallest absolute Gasteiger partial charge is 0.240 e. The fourth-order valence-corrected chi connectivity index (χ4v) is 2.34. The van der Waals surface area contributed by atoms with Gasteiger partial charge in [-0.1, -0.05) is 0 Å². The van der Waals surface area contributed by atoms with Crippen LogP contribution in [0.2, 0.25) is 0 Å². The molecule has 0 aliphatic carbocycles. The molecule has 3 aromatic rings. The van der Waals surface area contributed by atoms with Crippen molar-refractivity contribution in [3.05, 3.63) is 47.2 Å². The zero-order chi connectivity index (χ0) is 16.2. The molecule has 0 aliphatic heterocycles. The summed E-state index contributed by atoms with van der Waals surface area (Å²) >= 11 is 0. The summed E-state index contributed by atoms with van der Waals surface area (Å²) in [5.41, 5.74) is 3.16. The fraction of sp³-hybridized carbons (Fsp3) is 0.375. The number of nitrogens with zero attached hydrogens (tertiary/aromatic N) is 6. The van der Waals surface area contributed by atoms with Gasteiger partial charge in [0.2, 0.25) is 11.8 Å². The van der Waals surface area contributed by atoms with E-state index in [1.165, 1.54) is 0 Å². The van der Waals surface area contributed by atoms with E-state index in [-0.39, 0.29) is 0 Å². The lowest BCUT2D eigenvalue weighted by atomic mass is 10.3. The van der Waals surface area contributed by atoms with Crippen molar-refractivity contribution >= 4 is 12.2 Å². The van der Waals surface area contributed by atoms with Gasteiger partial charge in [-0.25, -0.2) is 0 Å². The molecule has 0 aromatic carbocycles. The summed E-state index contributed by atoms with van der Waals surface area (Å²) in [5.74, 6) is 1.11. The maximum Gasteiger partial charge on any atom is 0.240 e. The standard InChI is InChI=1S/C16H20N6O/c1-4-21-11-14(10-17-21)5-6-15-18-19-16(23-15)7-8-22-13(3)9-12(2)20-22/h5-6,9-11H,4,7-8H2,1-3H3/b6-5+. The van der Waals surface area contributed by atoms with Gasteiger partial charge in [-0.3, -0.25) is 9.36 Å². The lowest BCUT2D eigenvalue weighted by Gasteiger charge is -2.00. The van der Waals surface area contributed by atoms with Gasteiger partial charge in [-0.05, 0) is 32.9 Å². The molecule has 3 rings (SSSR count). The van der Waals surface area contributed by atoms with Crippen LogP contribution < -0.4 is 0 Å². The summed E-state index contributed by atoms with van der Waals surface area (Å²) < 4.78 is 9.45. The number of hydrogen-bond acceptors (Lipinski definition) is 5. The number of hydrogen-bond donors (Lipinski definition) is 0. The third kappa shape index (κ3) is 3.74. The summed E-state index contributed by atoms with van der Waals surface area (Å²) in [5, 5.41) is 16.7. The fourth-order valence-electron chi connectivity index (χ4n) is 2.34. The molecule has 0 N–H and O–H groups in total. The first-order valence-corrected chi connectivity index (χ1v) is 7.68. The summed E-state index contributed by atoms with van der Waals surface area (Å²) in [6.07, 6.45) is 8.15. The van der Waals surface area contributed by atoms with Crippen LogP contribution >= 0.6 is 0 Å². The normalized spacial score (nSPS) is 11.6. The van der Waals surface area contributed by atoms with Crippen molar-refractivity contribution < 1.29 is 4.42 Å². The first-order valence-electron chi connectivity index (χ1n) is 7.68. The van der Waals surface area contributed by atoms with Gasteiger partial charge in [0.25, 0.3) is 0 Å². The third-order valence-electron chi connectivity index (χ3n) is 3.52. The Kier molecular flexibility index (Phi) is 4.36. The second kappa shape index (κ2) is 6.60. The topological polar surface area (TPSA) is 74.6 Å². The molecule has 0 saturated carbocycles. The van der Waals surface area contributed by atoms with Crippen LogP contribution in [0.5, 0.6) is 0 Å². The van der Waals surface area contributed by atoms with Crippen LogP contribution in [0.1, 0.15) is 35.7 Å². The van der Waals surface area contributed by atoms with E-state index in [0.29, 0.717) is 18.2 Å².